The second-order valence-corrected chi connectivity index (χ2v) is 15.1. The molecule has 4 aliphatic heterocycles. The Bertz CT molecular complexity index is 2460. The maximum absolute atomic E-state index is 15.6. The molecule has 9 rings (SSSR count). The predicted molar refractivity (Wildman–Crippen MR) is 203 cm³/mol. The van der Waals surface area contributed by atoms with Crippen LogP contribution in [0.3, 0.4) is 0 Å². The number of rotatable bonds is 8. The molecule has 1 N–H and O–H groups in total. The van der Waals surface area contributed by atoms with Crippen molar-refractivity contribution in [1.29, 1.82) is 0 Å². The highest BCUT2D eigenvalue weighted by Crippen LogP contribution is 2.37. The zero-order chi connectivity index (χ0) is 39.5. The largest absolute Gasteiger partial charge is 0.369 e. The number of imide groups is 2. The molecule has 57 heavy (non-hydrogen) atoms. The Morgan fingerprint density at radius 1 is 0.754 bits per heavy atom. The first-order valence-corrected chi connectivity index (χ1v) is 19.2. The molecule has 3 aromatic heterocycles. The molecule has 2 aromatic carbocycles. The first kappa shape index (κ1) is 36.7. The molecule has 0 bridgehead atoms. The Hall–Kier alpha value is -5.90. The summed E-state index contributed by atoms with van der Waals surface area (Å²) in [6.45, 7) is 2.16. The van der Waals surface area contributed by atoms with Gasteiger partial charge in [-0.15, -0.1) is 0 Å². The molecule has 4 amide bonds. The number of piperazine rings is 1. The number of hydrogen-bond donors (Lipinski definition) is 1. The highest BCUT2D eigenvalue weighted by molar-refractivity contribution is 6.23. The molecule has 0 radical (unpaired) electrons. The Kier molecular flexibility index (Phi) is 9.38. The molecular weight excluding hydrogens is 744 g/mol. The van der Waals surface area contributed by atoms with E-state index in [0.717, 1.165) is 67.1 Å². The van der Waals surface area contributed by atoms with Crippen molar-refractivity contribution in [3.05, 3.63) is 83.8 Å². The van der Waals surface area contributed by atoms with Gasteiger partial charge in [-0.05, 0) is 74.0 Å². The van der Waals surface area contributed by atoms with Crippen LogP contribution in [0.15, 0.2) is 61.1 Å². The van der Waals surface area contributed by atoms with E-state index in [-0.39, 0.29) is 46.4 Å². The third kappa shape index (κ3) is 6.45. The maximum atomic E-state index is 15.6. The van der Waals surface area contributed by atoms with E-state index in [1.54, 1.807) is 29.2 Å². The van der Waals surface area contributed by atoms with Crippen LogP contribution in [0.4, 0.5) is 29.1 Å². The molecule has 12 nitrogen and oxygen atoms in total. The van der Waals surface area contributed by atoms with Gasteiger partial charge < -0.3 is 9.80 Å². The van der Waals surface area contributed by atoms with E-state index in [0.29, 0.717) is 35.3 Å². The normalized spacial score (nSPS) is 19.7. The third-order valence-electron chi connectivity index (χ3n) is 12.0. The molecule has 0 saturated carbocycles. The highest BCUT2D eigenvalue weighted by Gasteiger charge is 2.45. The number of piperidine rings is 2. The second-order valence-electron chi connectivity index (χ2n) is 15.1. The number of nitrogens with zero attached hydrogens (tertiary/aromatic N) is 7. The Morgan fingerprint density at radius 2 is 1.53 bits per heavy atom. The number of amides is 4. The van der Waals surface area contributed by atoms with Gasteiger partial charge >= 0.3 is 6.55 Å². The topological polar surface area (TPSA) is 124 Å². The van der Waals surface area contributed by atoms with Crippen LogP contribution in [0, 0.1) is 17.6 Å². The molecule has 1 atom stereocenters. The number of carbonyl (C=O) groups excluding carboxylic acids is 4. The van der Waals surface area contributed by atoms with E-state index in [2.05, 4.69) is 25.1 Å². The minimum atomic E-state index is -2.84. The van der Waals surface area contributed by atoms with Gasteiger partial charge in [0.1, 0.15) is 6.04 Å². The van der Waals surface area contributed by atoms with Crippen LogP contribution in [0.5, 0.6) is 0 Å². The first-order chi connectivity index (χ1) is 27.6. The number of benzene rings is 2. The summed E-state index contributed by atoms with van der Waals surface area (Å²) in [6.07, 6.45) is 6.93. The lowest BCUT2D eigenvalue weighted by Gasteiger charge is -2.38. The molecule has 5 aromatic rings. The lowest BCUT2D eigenvalue weighted by Crippen LogP contribution is -2.54. The van der Waals surface area contributed by atoms with Gasteiger partial charge in [-0.1, -0.05) is 12.1 Å². The number of carbonyl (C=O) groups is 4. The number of anilines is 2. The fourth-order valence-corrected chi connectivity index (χ4v) is 8.83. The van der Waals surface area contributed by atoms with Crippen LogP contribution in [-0.2, 0) is 9.59 Å². The molecular formula is C41H38F4N8O4. The van der Waals surface area contributed by atoms with Crippen molar-refractivity contribution in [3.63, 3.8) is 0 Å². The molecule has 3 fully saturated rings. The van der Waals surface area contributed by atoms with Crippen LogP contribution in [0.2, 0.25) is 0 Å². The fourth-order valence-electron chi connectivity index (χ4n) is 8.83. The maximum Gasteiger partial charge on any atom is 0.319 e. The summed E-state index contributed by atoms with van der Waals surface area (Å²) in [6, 6.07) is 10.3. The van der Waals surface area contributed by atoms with Crippen LogP contribution in [-0.4, -0.2) is 99.8 Å². The Morgan fingerprint density at radius 3 is 2.28 bits per heavy atom. The molecule has 294 valence electrons. The summed E-state index contributed by atoms with van der Waals surface area (Å²) in [7, 11) is 0. The van der Waals surface area contributed by atoms with Crippen molar-refractivity contribution in [1.82, 2.24) is 29.7 Å². The molecule has 0 aliphatic carbocycles. The summed E-state index contributed by atoms with van der Waals surface area (Å²) < 4.78 is 60.3. The van der Waals surface area contributed by atoms with Crippen LogP contribution < -0.4 is 15.1 Å². The number of aromatic nitrogens is 3. The van der Waals surface area contributed by atoms with Gasteiger partial charge in [0.25, 0.3) is 11.8 Å². The third-order valence-corrected chi connectivity index (χ3v) is 12.0. The SMILES string of the molecule is O=C1CCC(N2C(=O)c3ccc(N4CCN(CCC5CCN(c6ncc(-c7ccc8c9cnccc9n(C(F)F)c8c7)c(F)c6F)CC5)CC4)cc3C2=O)C(=O)N1. The van der Waals surface area contributed by atoms with Crippen molar-refractivity contribution in [2.45, 2.75) is 44.7 Å². The van der Waals surface area contributed by atoms with Gasteiger partial charge in [0.2, 0.25) is 17.6 Å². The minimum Gasteiger partial charge on any atom is -0.369 e. The van der Waals surface area contributed by atoms with Gasteiger partial charge in [0, 0.05) is 86.3 Å². The molecule has 16 heteroatoms. The van der Waals surface area contributed by atoms with Crippen molar-refractivity contribution in [3.8, 4) is 11.1 Å². The lowest BCUT2D eigenvalue weighted by atomic mass is 9.93. The van der Waals surface area contributed by atoms with Gasteiger partial charge in [-0.25, -0.2) is 9.37 Å². The van der Waals surface area contributed by atoms with E-state index < -0.39 is 47.9 Å². The summed E-state index contributed by atoms with van der Waals surface area (Å²) in [4.78, 5) is 66.1. The zero-order valence-electron chi connectivity index (χ0n) is 30.8. The zero-order valence-corrected chi connectivity index (χ0v) is 30.8. The number of pyridine rings is 2. The monoisotopic (exact) mass is 782 g/mol. The molecule has 0 spiro atoms. The summed E-state index contributed by atoms with van der Waals surface area (Å²) in [5, 5.41) is 3.29. The summed E-state index contributed by atoms with van der Waals surface area (Å²) in [5.74, 6) is -3.89. The van der Waals surface area contributed by atoms with E-state index in [1.165, 1.54) is 30.7 Å². The lowest BCUT2D eigenvalue weighted by molar-refractivity contribution is -0.136. The second kappa shape index (κ2) is 14.6. The van der Waals surface area contributed by atoms with Gasteiger partial charge in [0.15, 0.2) is 11.6 Å². The van der Waals surface area contributed by atoms with Gasteiger partial charge in [-0.3, -0.25) is 43.8 Å². The molecule has 1 unspecified atom stereocenters. The van der Waals surface area contributed by atoms with E-state index in [4.69, 9.17) is 0 Å². The van der Waals surface area contributed by atoms with Gasteiger partial charge in [-0.2, -0.15) is 13.2 Å². The molecule has 7 heterocycles. The Balaban J connectivity index is 0.783. The van der Waals surface area contributed by atoms with Crippen LogP contribution in [0.25, 0.3) is 32.9 Å². The summed E-state index contributed by atoms with van der Waals surface area (Å²) in [5.41, 5.74) is 1.97. The van der Waals surface area contributed by atoms with Crippen molar-refractivity contribution in [2.75, 3.05) is 55.6 Å². The molecule has 3 saturated heterocycles. The van der Waals surface area contributed by atoms with E-state index >= 15 is 8.78 Å². The fraction of sp³-hybridized carbons (Fsp3) is 0.366. The number of fused-ring (bicyclic) bond motifs is 4. The number of halogens is 4. The molecule has 4 aliphatic rings. The van der Waals surface area contributed by atoms with Crippen molar-refractivity contribution in [2.24, 2.45) is 5.92 Å². The number of alkyl halides is 2. The summed E-state index contributed by atoms with van der Waals surface area (Å²) >= 11 is 0. The standard InChI is InChI=1S/C41H38F4N8O4/c42-35-29(24-1-3-26-30-21-46-11-7-31(30)52(41(44)45)33(26)19-24)22-47-37(36(35)43)51-13-9-23(10-14-51)8-12-49-15-17-50(18-16-49)25-2-4-27-28(20-25)40(57)53(39(27)56)32-5-6-34(54)48-38(32)55/h1-4,7,11,19-23,32,41H,5-6,8-10,12-18H2,(H,48,54,55). The quantitative estimate of drug-likeness (QED) is 0.155. The number of hydrogen-bond acceptors (Lipinski definition) is 9. The van der Waals surface area contributed by atoms with Crippen LogP contribution >= 0.6 is 0 Å². The van der Waals surface area contributed by atoms with Gasteiger partial charge in [0.05, 0.1) is 22.2 Å². The first-order valence-electron chi connectivity index (χ1n) is 19.2. The predicted octanol–water partition coefficient (Wildman–Crippen LogP) is 5.75. The van der Waals surface area contributed by atoms with E-state index in [1.807, 2.05) is 6.07 Å². The smallest absolute Gasteiger partial charge is 0.319 e. The average Bonchev–Trinajstić information content (AvgIpc) is 3.68. The number of nitrogens with one attached hydrogen (secondary N) is 1. The van der Waals surface area contributed by atoms with Crippen molar-refractivity contribution >= 4 is 56.9 Å². The minimum absolute atomic E-state index is 0.0547. The Labute approximate surface area is 324 Å². The van der Waals surface area contributed by atoms with Crippen LogP contribution in [0.1, 0.15) is 59.4 Å². The average molecular weight is 783 g/mol. The van der Waals surface area contributed by atoms with E-state index in [9.17, 15) is 28.0 Å². The van der Waals surface area contributed by atoms with Crippen molar-refractivity contribution < 1.29 is 36.7 Å². The highest BCUT2D eigenvalue weighted by atomic mass is 19.3.